The molecule has 0 amide bonds. The SMILES string of the molecule is [CH2]CCCCCCCCCC1=C(C)C(=O)C(OC)=C(OC)C1=O. The van der Waals surface area contributed by atoms with E-state index in [2.05, 4.69) is 6.92 Å². The summed E-state index contributed by atoms with van der Waals surface area (Å²) in [5, 5.41) is 0. The third-order valence-corrected chi connectivity index (χ3v) is 4.27. The van der Waals surface area contributed by atoms with Gasteiger partial charge in [0.2, 0.25) is 23.1 Å². The fourth-order valence-corrected chi connectivity index (χ4v) is 2.86. The zero-order chi connectivity index (χ0) is 17.2. The van der Waals surface area contributed by atoms with Crippen LogP contribution in [0.3, 0.4) is 0 Å². The van der Waals surface area contributed by atoms with E-state index in [0.29, 0.717) is 17.6 Å². The molecule has 0 N–H and O–H groups in total. The van der Waals surface area contributed by atoms with E-state index in [9.17, 15) is 9.59 Å². The zero-order valence-corrected chi connectivity index (χ0v) is 14.7. The van der Waals surface area contributed by atoms with E-state index < -0.39 is 0 Å². The normalized spacial score (nSPS) is 15.5. The van der Waals surface area contributed by atoms with Crippen LogP contribution >= 0.6 is 0 Å². The molecular formula is C19H29O4. The van der Waals surface area contributed by atoms with Crippen LogP contribution < -0.4 is 0 Å². The molecule has 1 rings (SSSR count). The maximum atomic E-state index is 12.4. The Hall–Kier alpha value is -1.58. The quantitative estimate of drug-likeness (QED) is 0.420. The maximum absolute atomic E-state index is 12.4. The lowest BCUT2D eigenvalue weighted by Crippen LogP contribution is -2.25. The lowest BCUT2D eigenvalue weighted by Gasteiger charge is -2.20. The van der Waals surface area contributed by atoms with Gasteiger partial charge in [-0.1, -0.05) is 51.9 Å². The fourth-order valence-electron chi connectivity index (χ4n) is 2.86. The van der Waals surface area contributed by atoms with Gasteiger partial charge >= 0.3 is 0 Å². The van der Waals surface area contributed by atoms with Gasteiger partial charge in [0.15, 0.2) is 0 Å². The Kier molecular flexibility index (Phi) is 8.67. The van der Waals surface area contributed by atoms with Crippen molar-refractivity contribution in [2.24, 2.45) is 0 Å². The molecule has 0 aromatic rings. The number of unbranched alkanes of at least 4 members (excludes halogenated alkanes) is 7. The Morgan fingerprint density at radius 1 is 0.783 bits per heavy atom. The van der Waals surface area contributed by atoms with Crippen LogP contribution in [0.4, 0.5) is 0 Å². The highest BCUT2D eigenvalue weighted by atomic mass is 16.5. The van der Waals surface area contributed by atoms with E-state index in [1.54, 1.807) is 6.92 Å². The van der Waals surface area contributed by atoms with Gasteiger partial charge in [0, 0.05) is 11.1 Å². The van der Waals surface area contributed by atoms with E-state index in [0.717, 1.165) is 19.3 Å². The van der Waals surface area contributed by atoms with Crippen LogP contribution in [0.2, 0.25) is 0 Å². The van der Waals surface area contributed by atoms with E-state index >= 15 is 0 Å². The van der Waals surface area contributed by atoms with Gasteiger partial charge in [0.1, 0.15) is 0 Å². The highest BCUT2D eigenvalue weighted by molar-refractivity contribution is 6.23. The fraction of sp³-hybridized carbons (Fsp3) is 0.632. The first-order valence-electron chi connectivity index (χ1n) is 8.49. The van der Waals surface area contributed by atoms with Crippen molar-refractivity contribution in [1.29, 1.82) is 0 Å². The lowest BCUT2D eigenvalue weighted by molar-refractivity contribution is -0.121. The summed E-state index contributed by atoms with van der Waals surface area (Å²) < 4.78 is 10.1. The molecule has 0 aliphatic heterocycles. The Balaban J connectivity index is 2.49. The number of Topliss-reactive ketones (excluding diaryl/α,β-unsaturated/α-hetero) is 2. The first kappa shape index (κ1) is 19.5. The van der Waals surface area contributed by atoms with Crippen molar-refractivity contribution >= 4 is 11.6 Å². The average Bonchev–Trinajstić information content (AvgIpc) is 2.55. The number of hydrogen-bond donors (Lipinski definition) is 0. The predicted molar refractivity (Wildman–Crippen MR) is 90.7 cm³/mol. The van der Waals surface area contributed by atoms with Gasteiger partial charge in [-0.3, -0.25) is 9.59 Å². The van der Waals surface area contributed by atoms with Crippen molar-refractivity contribution < 1.29 is 19.1 Å². The molecule has 0 fully saturated rings. The van der Waals surface area contributed by atoms with Crippen molar-refractivity contribution in [1.82, 2.24) is 0 Å². The molecule has 0 bridgehead atoms. The molecule has 0 atom stereocenters. The smallest absolute Gasteiger partial charge is 0.228 e. The summed E-state index contributed by atoms with van der Waals surface area (Å²) in [7, 11) is 2.77. The number of carbonyl (C=O) groups excluding carboxylic acids is 2. The van der Waals surface area contributed by atoms with Crippen molar-refractivity contribution in [2.75, 3.05) is 14.2 Å². The van der Waals surface area contributed by atoms with Crippen LogP contribution in [0.15, 0.2) is 22.7 Å². The number of rotatable bonds is 11. The summed E-state index contributed by atoms with van der Waals surface area (Å²) in [5.74, 6) is -0.403. The number of allylic oxidation sites excluding steroid dienone is 2. The molecule has 1 aliphatic carbocycles. The van der Waals surface area contributed by atoms with Gasteiger partial charge in [0.25, 0.3) is 0 Å². The van der Waals surface area contributed by atoms with E-state index in [-0.39, 0.29) is 23.1 Å². The van der Waals surface area contributed by atoms with Crippen LogP contribution in [0.25, 0.3) is 0 Å². The summed E-state index contributed by atoms with van der Waals surface area (Å²) in [6, 6.07) is 0. The van der Waals surface area contributed by atoms with Crippen molar-refractivity contribution in [2.45, 2.75) is 64.7 Å². The summed E-state index contributed by atoms with van der Waals surface area (Å²) in [6.45, 7) is 5.54. The molecule has 0 spiro atoms. The van der Waals surface area contributed by atoms with Gasteiger partial charge < -0.3 is 9.47 Å². The van der Waals surface area contributed by atoms with Gasteiger partial charge in [-0.15, -0.1) is 0 Å². The Bertz CT molecular complexity index is 486. The third-order valence-electron chi connectivity index (χ3n) is 4.27. The first-order valence-corrected chi connectivity index (χ1v) is 8.49. The lowest BCUT2D eigenvalue weighted by atomic mass is 9.89. The molecule has 4 heteroatoms. The predicted octanol–water partition coefficient (Wildman–Crippen LogP) is 4.30. The summed E-state index contributed by atoms with van der Waals surface area (Å²) in [5.41, 5.74) is 1.06. The largest absolute Gasteiger partial charge is 0.489 e. The Labute approximate surface area is 139 Å². The van der Waals surface area contributed by atoms with Crippen molar-refractivity contribution in [3.63, 3.8) is 0 Å². The van der Waals surface area contributed by atoms with Crippen molar-refractivity contribution in [3.05, 3.63) is 29.6 Å². The molecule has 0 unspecified atom stereocenters. The highest BCUT2D eigenvalue weighted by Crippen LogP contribution is 2.28. The summed E-state index contributed by atoms with van der Waals surface area (Å²) >= 11 is 0. The molecule has 1 aliphatic rings. The minimum absolute atomic E-state index is 0.0177. The molecule has 129 valence electrons. The molecule has 4 nitrogen and oxygen atoms in total. The van der Waals surface area contributed by atoms with E-state index in [1.165, 1.54) is 46.3 Å². The Morgan fingerprint density at radius 3 is 1.78 bits per heavy atom. The van der Waals surface area contributed by atoms with Gasteiger partial charge in [-0.2, -0.15) is 0 Å². The second-order valence-electron chi connectivity index (χ2n) is 5.91. The van der Waals surface area contributed by atoms with E-state index in [4.69, 9.17) is 9.47 Å². The summed E-state index contributed by atoms with van der Waals surface area (Å²) in [6.07, 6.45) is 9.74. The number of carbonyl (C=O) groups is 2. The molecule has 0 aromatic heterocycles. The highest BCUT2D eigenvalue weighted by Gasteiger charge is 2.34. The standard InChI is InChI=1S/C19H29O4/c1-5-6-7-8-9-10-11-12-13-15-14(2)16(20)18(22-3)19(23-4)17(15)21/h1,5-13H2,2-4H3. The van der Waals surface area contributed by atoms with Crippen LogP contribution in [0, 0.1) is 6.92 Å². The average molecular weight is 321 g/mol. The monoisotopic (exact) mass is 321 g/mol. The number of hydrogen-bond acceptors (Lipinski definition) is 4. The number of ketones is 2. The minimum Gasteiger partial charge on any atom is -0.489 e. The topological polar surface area (TPSA) is 52.6 Å². The molecule has 0 saturated carbocycles. The van der Waals surface area contributed by atoms with Gasteiger partial charge in [0.05, 0.1) is 14.2 Å². The second kappa shape index (κ2) is 10.2. The molecule has 0 saturated heterocycles. The molecule has 0 heterocycles. The minimum atomic E-state index is -0.243. The number of ether oxygens (including phenoxy) is 2. The molecule has 1 radical (unpaired) electrons. The molecule has 23 heavy (non-hydrogen) atoms. The third kappa shape index (κ3) is 5.22. The van der Waals surface area contributed by atoms with E-state index in [1.807, 2.05) is 0 Å². The van der Waals surface area contributed by atoms with Crippen LogP contribution in [-0.2, 0) is 19.1 Å². The van der Waals surface area contributed by atoms with Crippen molar-refractivity contribution in [3.8, 4) is 0 Å². The summed E-state index contributed by atoms with van der Waals surface area (Å²) in [4.78, 5) is 24.7. The molecular weight excluding hydrogens is 292 g/mol. The van der Waals surface area contributed by atoms with Crippen LogP contribution in [0.5, 0.6) is 0 Å². The van der Waals surface area contributed by atoms with Gasteiger partial charge in [-0.25, -0.2) is 0 Å². The second-order valence-corrected chi connectivity index (χ2v) is 5.91. The maximum Gasteiger partial charge on any atom is 0.228 e. The van der Waals surface area contributed by atoms with Crippen LogP contribution in [-0.4, -0.2) is 25.8 Å². The zero-order valence-electron chi connectivity index (χ0n) is 14.7. The Morgan fingerprint density at radius 2 is 1.26 bits per heavy atom. The first-order chi connectivity index (χ1) is 11.1. The number of methoxy groups -OCH3 is 2. The van der Waals surface area contributed by atoms with Gasteiger partial charge in [-0.05, 0) is 19.8 Å². The molecule has 0 aromatic carbocycles. The van der Waals surface area contributed by atoms with Crippen LogP contribution in [0.1, 0.15) is 64.7 Å².